The highest BCUT2D eigenvalue weighted by Gasteiger charge is 2.38. The molecular weight excluding hydrogens is 548 g/mol. The molecule has 0 saturated carbocycles. The van der Waals surface area contributed by atoms with Gasteiger partial charge >= 0.3 is 0 Å². The van der Waals surface area contributed by atoms with Crippen molar-refractivity contribution in [2.45, 2.75) is 32.9 Å². The van der Waals surface area contributed by atoms with Crippen molar-refractivity contribution < 1.29 is 19.1 Å². The fourth-order valence-corrected chi connectivity index (χ4v) is 6.51. The first kappa shape index (κ1) is 27.9. The minimum atomic E-state index is -0.253. The zero-order valence-corrected chi connectivity index (χ0v) is 25.0. The molecule has 0 radical (unpaired) electrons. The molecule has 3 heterocycles. The summed E-state index contributed by atoms with van der Waals surface area (Å²) in [5, 5.41) is 7.95. The number of rotatable bonds is 7. The van der Waals surface area contributed by atoms with E-state index in [4.69, 9.17) is 14.6 Å². The number of carbonyl (C=O) groups is 2. The normalized spacial score (nSPS) is 16.0. The van der Waals surface area contributed by atoms with Gasteiger partial charge in [0.05, 0.1) is 22.4 Å². The summed E-state index contributed by atoms with van der Waals surface area (Å²) >= 11 is 1.53. The number of hydrogen-bond acceptors (Lipinski definition) is 6. The molecule has 1 atom stereocenters. The second-order valence-corrected chi connectivity index (χ2v) is 12.2. The largest absolute Gasteiger partial charge is 0.454 e. The Labute approximate surface area is 250 Å². The number of nitrogens with one attached hydrogen (secondary N) is 1. The molecule has 9 heteroatoms. The summed E-state index contributed by atoms with van der Waals surface area (Å²) in [5.41, 5.74) is 6.59. The van der Waals surface area contributed by atoms with Crippen molar-refractivity contribution in [3.05, 3.63) is 89.0 Å². The second-order valence-electron chi connectivity index (χ2n) is 11.1. The number of ether oxygens (including phenoxy) is 2. The molecule has 2 aliphatic heterocycles. The molecule has 0 spiro atoms. The van der Waals surface area contributed by atoms with Crippen LogP contribution in [-0.4, -0.2) is 47.2 Å². The van der Waals surface area contributed by atoms with E-state index in [2.05, 4.69) is 25.2 Å². The van der Waals surface area contributed by atoms with Gasteiger partial charge in [-0.3, -0.25) is 14.5 Å². The molecule has 0 fully saturated rings. The van der Waals surface area contributed by atoms with Crippen LogP contribution in [0.4, 0.5) is 5.82 Å². The van der Waals surface area contributed by atoms with Gasteiger partial charge in [-0.1, -0.05) is 62.4 Å². The van der Waals surface area contributed by atoms with Crippen molar-refractivity contribution in [3.8, 4) is 28.4 Å². The highest BCUT2D eigenvalue weighted by atomic mass is 32.2. The minimum Gasteiger partial charge on any atom is -0.454 e. The van der Waals surface area contributed by atoms with Crippen LogP contribution in [-0.2, 0) is 9.59 Å². The van der Waals surface area contributed by atoms with Gasteiger partial charge in [0, 0.05) is 17.7 Å². The molecule has 1 N–H and O–H groups in total. The first-order valence-electron chi connectivity index (χ1n) is 14.1. The van der Waals surface area contributed by atoms with E-state index in [-0.39, 0.29) is 36.2 Å². The third kappa shape index (κ3) is 5.25. The average molecular weight is 583 g/mol. The van der Waals surface area contributed by atoms with Crippen molar-refractivity contribution in [3.63, 3.8) is 0 Å². The molecule has 0 aliphatic carbocycles. The molecule has 3 aromatic carbocycles. The summed E-state index contributed by atoms with van der Waals surface area (Å²) in [6.45, 7) is 8.83. The molecule has 4 aromatic rings. The summed E-state index contributed by atoms with van der Waals surface area (Å²) in [6.07, 6.45) is 0. The van der Waals surface area contributed by atoms with Gasteiger partial charge in [0.15, 0.2) is 11.5 Å². The summed E-state index contributed by atoms with van der Waals surface area (Å²) in [4.78, 5) is 28.8. The second kappa shape index (κ2) is 11.6. The Kier molecular flexibility index (Phi) is 7.68. The number of hydrogen-bond donors (Lipinski definition) is 1. The fraction of sp³-hybridized carbons (Fsp3) is 0.303. The Morgan fingerprint density at radius 3 is 2.62 bits per heavy atom. The standard InChI is InChI=1S/C33H34N4O4S/c1-20(2)16-34-28(38)17-36-29(39)18-42-32(24-13-14-26-27(15-24)41-19-40-26)30-31(23-10-6-5-7-11-23)35-37(33(30)36)25-12-8-9-21(3)22(25)4/h5-15,20,32H,16-19H2,1-4H3,(H,34,38). The maximum absolute atomic E-state index is 13.9. The summed E-state index contributed by atoms with van der Waals surface area (Å²) in [7, 11) is 0. The van der Waals surface area contributed by atoms with E-state index in [1.807, 2.05) is 79.2 Å². The van der Waals surface area contributed by atoms with E-state index in [0.717, 1.165) is 39.2 Å². The van der Waals surface area contributed by atoms with Gasteiger partial charge in [-0.05, 0) is 54.7 Å². The van der Waals surface area contributed by atoms with Gasteiger partial charge in [-0.15, -0.1) is 11.8 Å². The quantitative estimate of drug-likeness (QED) is 0.295. The van der Waals surface area contributed by atoms with E-state index >= 15 is 0 Å². The highest BCUT2D eigenvalue weighted by Crippen LogP contribution is 2.50. The Morgan fingerprint density at radius 1 is 1.05 bits per heavy atom. The SMILES string of the molecule is Cc1cccc(-n2nc(-c3ccccc3)c3c2N(CC(=O)NCC(C)C)C(=O)CSC3c2ccc3c(c2)OCO3)c1C. The highest BCUT2D eigenvalue weighted by molar-refractivity contribution is 8.00. The average Bonchev–Trinajstić information content (AvgIpc) is 3.58. The van der Waals surface area contributed by atoms with Crippen LogP contribution in [0.15, 0.2) is 66.7 Å². The number of carbonyl (C=O) groups excluding carboxylic acids is 2. The molecule has 1 unspecified atom stereocenters. The minimum absolute atomic E-state index is 0.0994. The van der Waals surface area contributed by atoms with Crippen LogP contribution in [0.25, 0.3) is 16.9 Å². The van der Waals surface area contributed by atoms with Crippen LogP contribution in [0.1, 0.15) is 41.4 Å². The monoisotopic (exact) mass is 582 g/mol. The van der Waals surface area contributed by atoms with Gasteiger partial charge in [0.2, 0.25) is 18.6 Å². The zero-order valence-electron chi connectivity index (χ0n) is 24.2. The van der Waals surface area contributed by atoms with Crippen LogP contribution >= 0.6 is 11.8 Å². The lowest BCUT2D eigenvalue weighted by Crippen LogP contribution is -2.43. The van der Waals surface area contributed by atoms with Crippen LogP contribution in [0.3, 0.4) is 0 Å². The van der Waals surface area contributed by atoms with Crippen molar-refractivity contribution in [2.75, 3.05) is 30.5 Å². The van der Waals surface area contributed by atoms with Crippen LogP contribution in [0.5, 0.6) is 11.5 Å². The molecule has 42 heavy (non-hydrogen) atoms. The van der Waals surface area contributed by atoms with Gasteiger partial charge in [0.1, 0.15) is 12.4 Å². The summed E-state index contributed by atoms with van der Waals surface area (Å²) < 4.78 is 13.2. The first-order chi connectivity index (χ1) is 20.3. The van der Waals surface area contributed by atoms with Crippen molar-refractivity contribution in [1.29, 1.82) is 0 Å². The van der Waals surface area contributed by atoms with Crippen molar-refractivity contribution >= 4 is 29.4 Å². The van der Waals surface area contributed by atoms with Crippen LogP contribution in [0.2, 0.25) is 0 Å². The molecule has 6 rings (SSSR count). The first-order valence-corrected chi connectivity index (χ1v) is 15.2. The van der Waals surface area contributed by atoms with E-state index in [0.29, 0.717) is 29.8 Å². The lowest BCUT2D eigenvalue weighted by Gasteiger charge is -2.24. The number of aryl methyl sites for hydroxylation is 1. The smallest absolute Gasteiger partial charge is 0.240 e. The summed E-state index contributed by atoms with van der Waals surface area (Å²) in [6, 6.07) is 22.0. The lowest BCUT2D eigenvalue weighted by molar-refractivity contribution is -0.123. The van der Waals surface area contributed by atoms with E-state index in [1.54, 1.807) is 4.90 Å². The molecule has 2 aliphatic rings. The number of fused-ring (bicyclic) bond motifs is 2. The predicted molar refractivity (Wildman–Crippen MR) is 166 cm³/mol. The van der Waals surface area contributed by atoms with Crippen molar-refractivity contribution in [1.82, 2.24) is 15.1 Å². The van der Waals surface area contributed by atoms with Gasteiger partial charge < -0.3 is 14.8 Å². The maximum atomic E-state index is 13.9. The molecule has 0 saturated heterocycles. The molecule has 216 valence electrons. The third-order valence-electron chi connectivity index (χ3n) is 7.65. The fourth-order valence-electron chi connectivity index (χ4n) is 5.32. The van der Waals surface area contributed by atoms with Gasteiger partial charge in [-0.2, -0.15) is 5.10 Å². The van der Waals surface area contributed by atoms with Gasteiger partial charge in [-0.25, -0.2) is 4.68 Å². The number of thioether (sulfide) groups is 1. The molecular formula is C33H34N4O4S. The predicted octanol–water partition coefficient (Wildman–Crippen LogP) is 5.83. The number of nitrogens with zero attached hydrogens (tertiary/aromatic N) is 3. The van der Waals surface area contributed by atoms with E-state index in [1.165, 1.54) is 11.8 Å². The Morgan fingerprint density at radius 2 is 1.83 bits per heavy atom. The Hall–Kier alpha value is -4.24. The van der Waals surface area contributed by atoms with E-state index < -0.39 is 0 Å². The number of benzene rings is 3. The van der Waals surface area contributed by atoms with Crippen LogP contribution in [0, 0.1) is 19.8 Å². The topological polar surface area (TPSA) is 85.7 Å². The molecule has 0 bridgehead atoms. The molecule has 2 amide bonds. The number of anilines is 1. The zero-order chi connectivity index (χ0) is 29.4. The van der Waals surface area contributed by atoms with Crippen LogP contribution < -0.4 is 19.7 Å². The van der Waals surface area contributed by atoms with E-state index in [9.17, 15) is 9.59 Å². The number of amides is 2. The third-order valence-corrected chi connectivity index (χ3v) is 8.90. The lowest BCUT2D eigenvalue weighted by atomic mass is 9.99. The van der Waals surface area contributed by atoms with Crippen molar-refractivity contribution in [2.24, 2.45) is 5.92 Å². The number of aromatic nitrogens is 2. The maximum Gasteiger partial charge on any atom is 0.240 e. The molecule has 1 aromatic heterocycles. The Bertz CT molecular complexity index is 1650. The molecule has 8 nitrogen and oxygen atoms in total. The van der Waals surface area contributed by atoms with Gasteiger partial charge in [0.25, 0.3) is 0 Å². The summed E-state index contributed by atoms with van der Waals surface area (Å²) in [5.74, 6) is 2.14. The Balaban J connectivity index is 1.60.